The summed E-state index contributed by atoms with van der Waals surface area (Å²) in [5, 5.41) is 6.68. The average molecular weight is 589 g/mol. The molecule has 8 heteroatoms. The fourth-order valence-electron chi connectivity index (χ4n) is 5.23. The number of aromatic nitrogens is 2. The Balaban J connectivity index is 1.19. The van der Waals surface area contributed by atoms with Crippen molar-refractivity contribution in [1.29, 1.82) is 0 Å². The molecule has 3 aromatic carbocycles. The van der Waals surface area contributed by atoms with Crippen LogP contribution in [0.25, 0.3) is 10.9 Å². The molecule has 1 atom stereocenters. The summed E-state index contributed by atoms with van der Waals surface area (Å²) >= 11 is 18.7. The number of fused-ring (bicyclic) bond motifs is 1. The van der Waals surface area contributed by atoms with Gasteiger partial charge in [-0.15, -0.1) is 0 Å². The van der Waals surface area contributed by atoms with Crippen molar-refractivity contribution in [2.75, 3.05) is 36.4 Å². The Hall–Kier alpha value is -3.35. The molecule has 1 N–H and O–H groups in total. The van der Waals surface area contributed by atoms with E-state index in [1.54, 1.807) is 6.20 Å². The first-order chi connectivity index (χ1) is 19.5. The van der Waals surface area contributed by atoms with Gasteiger partial charge in [0.25, 0.3) is 0 Å². The number of benzene rings is 3. The molecule has 2 aromatic heterocycles. The zero-order chi connectivity index (χ0) is 27.5. The maximum atomic E-state index is 6.41. The van der Waals surface area contributed by atoms with E-state index in [9.17, 15) is 0 Å². The Morgan fingerprint density at radius 1 is 0.750 bits per heavy atom. The predicted octanol–water partition coefficient (Wildman–Crippen LogP) is 8.11. The van der Waals surface area contributed by atoms with E-state index in [4.69, 9.17) is 34.8 Å². The SMILES string of the molecule is Clc1cccc(C(Nc2ccnc3cc(Cl)ccc23)c2ccc(CN3CCN(c4cccc(Cl)n4)CC3)cc2)c1. The fraction of sp³-hybridized carbons (Fsp3) is 0.188. The molecule has 5 nitrogen and oxygen atoms in total. The minimum atomic E-state index is -0.0947. The van der Waals surface area contributed by atoms with Crippen LogP contribution in [0, 0.1) is 0 Å². The van der Waals surface area contributed by atoms with Gasteiger partial charge in [0.1, 0.15) is 11.0 Å². The smallest absolute Gasteiger partial charge is 0.131 e. The fourth-order valence-corrected chi connectivity index (χ4v) is 5.75. The molecule has 0 radical (unpaired) electrons. The topological polar surface area (TPSA) is 44.3 Å². The van der Waals surface area contributed by atoms with Crippen molar-refractivity contribution < 1.29 is 0 Å². The Labute approximate surface area is 249 Å². The second-order valence-corrected chi connectivity index (χ2v) is 11.2. The first kappa shape index (κ1) is 26.9. The lowest BCUT2D eigenvalue weighted by atomic mass is 9.97. The van der Waals surface area contributed by atoms with Crippen LogP contribution in [-0.4, -0.2) is 41.0 Å². The van der Waals surface area contributed by atoms with Crippen molar-refractivity contribution in [3.8, 4) is 0 Å². The molecular weight excluding hydrogens is 561 g/mol. The third kappa shape index (κ3) is 6.18. The number of anilines is 2. The van der Waals surface area contributed by atoms with Gasteiger partial charge in [-0.1, -0.05) is 77.3 Å². The van der Waals surface area contributed by atoms with Crippen molar-refractivity contribution in [3.05, 3.63) is 129 Å². The van der Waals surface area contributed by atoms with E-state index in [2.05, 4.69) is 55.4 Å². The lowest BCUT2D eigenvalue weighted by Gasteiger charge is -2.35. The molecule has 202 valence electrons. The molecule has 1 aliphatic heterocycles. The van der Waals surface area contributed by atoms with E-state index < -0.39 is 0 Å². The highest BCUT2D eigenvalue weighted by Crippen LogP contribution is 2.32. The number of nitrogens with one attached hydrogen (secondary N) is 1. The Bertz CT molecular complexity index is 1620. The maximum Gasteiger partial charge on any atom is 0.131 e. The minimum Gasteiger partial charge on any atom is -0.374 e. The summed E-state index contributed by atoms with van der Waals surface area (Å²) in [5.41, 5.74) is 5.37. The number of nitrogens with zero attached hydrogens (tertiary/aromatic N) is 4. The molecule has 0 saturated carbocycles. The molecule has 3 heterocycles. The van der Waals surface area contributed by atoms with Gasteiger partial charge in [-0.2, -0.15) is 0 Å². The van der Waals surface area contributed by atoms with Gasteiger partial charge in [0.2, 0.25) is 0 Å². The van der Waals surface area contributed by atoms with E-state index in [-0.39, 0.29) is 6.04 Å². The van der Waals surface area contributed by atoms with E-state index in [0.29, 0.717) is 15.2 Å². The summed E-state index contributed by atoms with van der Waals surface area (Å²) in [7, 11) is 0. The van der Waals surface area contributed by atoms with Crippen LogP contribution in [-0.2, 0) is 6.54 Å². The largest absolute Gasteiger partial charge is 0.374 e. The van der Waals surface area contributed by atoms with Crippen molar-refractivity contribution in [2.45, 2.75) is 12.6 Å². The highest BCUT2D eigenvalue weighted by atomic mass is 35.5. The zero-order valence-corrected chi connectivity index (χ0v) is 24.0. The van der Waals surface area contributed by atoms with Gasteiger partial charge in [-0.3, -0.25) is 9.88 Å². The van der Waals surface area contributed by atoms with Crippen LogP contribution in [0.3, 0.4) is 0 Å². The Morgan fingerprint density at radius 3 is 2.30 bits per heavy atom. The van der Waals surface area contributed by atoms with E-state index in [1.807, 2.05) is 60.7 Å². The van der Waals surface area contributed by atoms with E-state index in [0.717, 1.165) is 66.3 Å². The summed E-state index contributed by atoms with van der Waals surface area (Å²) < 4.78 is 0. The number of hydrogen-bond donors (Lipinski definition) is 1. The molecule has 1 saturated heterocycles. The zero-order valence-electron chi connectivity index (χ0n) is 21.8. The number of halogens is 3. The van der Waals surface area contributed by atoms with Crippen LogP contribution in [0.2, 0.25) is 15.2 Å². The monoisotopic (exact) mass is 587 g/mol. The summed E-state index contributed by atoms with van der Waals surface area (Å²) in [5.74, 6) is 0.945. The van der Waals surface area contributed by atoms with Crippen LogP contribution in [0.4, 0.5) is 11.5 Å². The van der Waals surface area contributed by atoms with Crippen LogP contribution >= 0.6 is 34.8 Å². The van der Waals surface area contributed by atoms with Gasteiger partial charge < -0.3 is 10.2 Å². The minimum absolute atomic E-state index is 0.0947. The summed E-state index contributed by atoms with van der Waals surface area (Å²) in [6.45, 7) is 4.71. The van der Waals surface area contributed by atoms with Crippen molar-refractivity contribution >= 4 is 57.2 Å². The van der Waals surface area contributed by atoms with Crippen LogP contribution in [0.15, 0.2) is 97.2 Å². The Kier molecular flexibility index (Phi) is 8.08. The third-order valence-corrected chi connectivity index (χ3v) is 7.98. The summed E-state index contributed by atoms with van der Waals surface area (Å²) in [6.07, 6.45) is 1.81. The van der Waals surface area contributed by atoms with Gasteiger partial charge in [-0.05, 0) is 65.2 Å². The van der Waals surface area contributed by atoms with Crippen molar-refractivity contribution in [1.82, 2.24) is 14.9 Å². The molecule has 5 aromatic rings. The lowest BCUT2D eigenvalue weighted by Crippen LogP contribution is -2.46. The number of pyridine rings is 2. The molecule has 40 heavy (non-hydrogen) atoms. The Morgan fingerprint density at radius 2 is 1.52 bits per heavy atom. The van der Waals surface area contributed by atoms with Gasteiger partial charge >= 0.3 is 0 Å². The summed E-state index contributed by atoms with van der Waals surface area (Å²) in [6, 6.07) is 30.4. The van der Waals surface area contributed by atoms with Crippen molar-refractivity contribution in [2.24, 2.45) is 0 Å². The maximum absolute atomic E-state index is 6.41. The molecule has 1 unspecified atom stereocenters. The number of piperazine rings is 1. The highest BCUT2D eigenvalue weighted by molar-refractivity contribution is 6.31. The number of rotatable bonds is 7. The van der Waals surface area contributed by atoms with Crippen LogP contribution in [0.5, 0.6) is 0 Å². The highest BCUT2D eigenvalue weighted by Gasteiger charge is 2.20. The van der Waals surface area contributed by atoms with Gasteiger partial charge in [0.05, 0.1) is 11.6 Å². The lowest BCUT2D eigenvalue weighted by molar-refractivity contribution is 0.249. The second kappa shape index (κ2) is 12.0. The van der Waals surface area contributed by atoms with Gasteiger partial charge in [0.15, 0.2) is 0 Å². The standard InChI is InChI=1S/C32H28Cl3N5/c33-25-4-1-3-24(19-25)32(37-28-13-14-36-29-20-26(34)11-12-27(28)29)23-9-7-22(8-10-23)21-39-15-17-40(18-16-39)31-6-2-5-30(35)38-31/h1-14,19-20,32H,15-18,21H2,(H,36,37). The first-order valence-electron chi connectivity index (χ1n) is 13.3. The number of hydrogen-bond acceptors (Lipinski definition) is 5. The van der Waals surface area contributed by atoms with Gasteiger partial charge in [-0.25, -0.2) is 4.98 Å². The van der Waals surface area contributed by atoms with E-state index in [1.165, 1.54) is 5.56 Å². The van der Waals surface area contributed by atoms with Crippen molar-refractivity contribution in [3.63, 3.8) is 0 Å². The quantitative estimate of drug-likeness (QED) is 0.195. The molecule has 6 rings (SSSR count). The molecular formula is C32H28Cl3N5. The normalized spacial score (nSPS) is 14.8. The van der Waals surface area contributed by atoms with Gasteiger partial charge in [0, 0.05) is 60.0 Å². The average Bonchev–Trinajstić information content (AvgIpc) is 2.97. The summed E-state index contributed by atoms with van der Waals surface area (Å²) in [4.78, 5) is 13.7. The predicted molar refractivity (Wildman–Crippen MR) is 167 cm³/mol. The third-order valence-electron chi connectivity index (χ3n) is 7.30. The van der Waals surface area contributed by atoms with Crippen LogP contribution in [0.1, 0.15) is 22.7 Å². The van der Waals surface area contributed by atoms with E-state index >= 15 is 0 Å². The second-order valence-electron chi connectivity index (χ2n) is 9.98. The molecule has 0 amide bonds. The molecule has 0 aliphatic carbocycles. The molecule has 0 bridgehead atoms. The molecule has 1 fully saturated rings. The molecule has 0 spiro atoms. The molecule has 1 aliphatic rings. The first-order valence-corrected chi connectivity index (χ1v) is 14.4. The van der Waals surface area contributed by atoms with Crippen LogP contribution < -0.4 is 10.2 Å².